The first-order chi connectivity index (χ1) is 9.11. The molecular weight excluding hydrogens is 280 g/mol. The molecule has 0 radical (unpaired) electrons. The van der Waals surface area contributed by atoms with E-state index >= 15 is 0 Å². The molecule has 0 saturated carbocycles. The molecule has 6 heteroatoms. The van der Waals surface area contributed by atoms with Crippen molar-refractivity contribution in [3.8, 4) is 0 Å². The molecule has 3 heterocycles. The first-order valence-corrected chi connectivity index (χ1v) is 8.60. The van der Waals surface area contributed by atoms with Crippen LogP contribution in [0.3, 0.4) is 0 Å². The highest BCUT2D eigenvalue weighted by molar-refractivity contribution is 7.91. The zero-order chi connectivity index (χ0) is 13.5. The third kappa shape index (κ3) is 2.24. The average Bonchev–Trinajstić information content (AvgIpc) is 3.06. The van der Waals surface area contributed by atoms with Gasteiger partial charge in [-0.05, 0) is 30.7 Å². The number of hydrogen-bond donors (Lipinski definition) is 0. The molecule has 3 rings (SSSR count). The lowest BCUT2D eigenvalue weighted by Crippen LogP contribution is -2.37. The fourth-order valence-corrected chi connectivity index (χ4v) is 5.16. The van der Waals surface area contributed by atoms with E-state index in [1.54, 1.807) is 10.4 Å². The first kappa shape index (κ1) is 12.9. The maximum atomic E-state index is 12.6. The molecule has 102 valence electrons. The highest BCUT2D eigenvalue weighted by Crippen LogP contribution is 2.27. The van der Waals surface area contributed by atoms with Crippen LogP contribution in [-0.4, -0.2) is 23.8 Å². The van der Waals surface area contributed by atoms with Crippen LogP contribution in [0.25, 0.3) is 0 Å². The molecule has 2 aromatic heterocycles. The van der Waals surface area contributed by atoms with E-state index in [1.165, 1.54) is 11.3 Å². The molecule has 1 aliphatic rings. The summed E-state index contributed by atoms with van der Waals surface area (Å²) in [6, 6.07) is 7.58. The third-order valence-corrected chi connectivity index (χ3v) is 6.97. The number of sulfonamides is 1. The van der Waals surface area contributed by atoms with Crippen molar-refractivity contribution in [3.05, 3.63) is 41.0 Å². The zero-order valence-corrected chi connectivity index (χ0v) is 12.4. The summed E-state index contributed by atoms with van der Waals surface area (Å²) in [6.45, 7) is 3.78. The van der Waals surface area contributed by atoms with Crippen LogP contribution in [0, 0.1) is 0 Å². The van der Waals surface area contributed by atoms with Crippen LogP contribution in [0.4, 0.5) is 0 Å². The SMILES string of the molecule is CCc1ccc(S(=O)(=O)N2CCn3cccc3C2)s1. The number of fused-ring (bicyclic) bond motifs is 1. The van der Waals surface area contributed by atoms with Gasteiger partial charge in [-0.15, -0.1) is 11.3 Å². The Hall–Kier alpha value is -1.11. The summed E-state index contributed by atoms with van der Waals surface area (Å²) in [7, 11) is -3.33. The molecule has 0 atom stereocenters. The van der Waals surface area contributed by atoms with E-state index in [9.17, 15) is 8.42 Å². The average molecular weight is 296 g/mol. The second kappa shape index (κ2) is 4.77. The highest BCUT2D eigenvalue weighted by Gasteiger charge is 2.29. The van der Waals surface area contributed by atoms with E-state index in [2.05, 4.69) is 4.57 Å². The molecule has 0 fully saturated rings. The van der Waals surface area contributed by atoms with E-state index in [0.29, 0.717) is 17.3 Å². The van der Waals surface area contributed by atoms with Gasteiger partial charge in [-0.2, -0.15) is 4.31 Å². The van der Waals surface area contributed by atoms with Gasteiger partial charge in [0.15, 0.2) is 0 Å². The standard InChI is InChI=1S/C13H16N2O2S2/c1-2-12-5-6-13(18-12)19(16,17)15-9-8-14-7-3-4-11(14)10-15/h3-7H,2,8-10H2,1H3. The van der Waals surface area contributed by atoms with E-state index in [0.717, 1.165) is 23.5 Å². The van der Waals surface area contributed by atoms with Crippen LogP contribution in [-0.2, 0) is 29.5 Å². The highest BCUT2D eigenvalue weighted by atomic mass is 32.2. The smallest absolute Gasteiger partial charge is 0.252 e. The summed E-state index contributed by atoms with van der Waals surface area (Å²) in [5, 5.41) is 0. The Morgan fingerprint density at radius 1 is 1.26 bits per heavy atom. The number of hydrogen-bond acceptors (Lipinski definition) is 3. The molecule has 4 nitrogen and oxygen atoms in total. The summed E-state index contributed by atoms with van der Waals surface area (Å²) in [6.07, 6.45) is 2.88. The van der Waals surface area contributed by atoms with Crippen LogP contribution in [0.2, 0.25) is 0 Å². The van der Waals surface area contributed by atoms with Gasteiger partial charge in [-0.3, -0.25) is 0 Å². The molecule has 0 amide bonds. The van der Waals surface area contributed by atoms with E-state index in [-0.39, 0.29) is 0 Å². The predicted octanol–water partition coefficient (Wildman–Crippen LogP) is 2.32. The lowest BCUT2D eigenvalue weighted by Gasteiger charge is -2.27. The molecule has 2 aromatic rings. The number of rotatable bonds is 3. The fourth-order valence-electron chi connectivity index (χ4n) is 2.31. The first-order valence-electron chi connectivity index (χ1n) is 6.34. The Kier molecular flexibility index (Phi) is 3.24. The molecule has 0 bridgehead atoms. The summed E-state index contributed by atoms with van der Waals surface area (Å²) < 4.78 is 29.3. The van der Waals surface area contributed by atoms with Crippen molar-refractivity contribution in [1.82, 2.24) is 8.87 Å². The largest absolute Gasteiger partial charge is 0.349 e. The summed E-state index contributed by atoms with van der Waals surface area (Å²) in [5.74, 6) is 0. The minimum Gasteiger partial charge on any atom is -0.349 e. The maximum absolute atomic E-state index is 12.6. The van der Waals surface area contributed by atoms with Crippen LogP contribution < -0.4 is 0 Å². The Bertz CT molecular complexity index is 685. The topological polar surface area (TPSA) is 42.3 Å². The minimum absolute atomic E-state index is 0.462. The molecule has 0 aromatic carbocycles. The maximum Gasteiger partial charge on any atom is 0.252 e. The molecule has 0 aliphatic carbocycles. The van der Waals surface area contributed by atoms with E-state index < -0.39 is 10.0 Å². The Labute approximate surface area is 117 Å². The summed E-state index contributed by atoms with van der Waals surface area (Å²) in [4.78, 5) is 1.11. The molecule has 0 N–H and O–H groups in total. The lowest BCUT2D eigenvalue weighted by atomic mass is 10.3. The number of nitrogens with zero attached hydrogens (tertiary/aromatic N) is 2. The van der Waals surface area contributed by atoms with Gasteiger partial charge in [-0.25, -0.2) is 8.42 Å². The van der Waals surface area contributed by atoms with Crippen molar-refractivity contribution in [3.63, 3.8) is 0 Å². The van der Waals surface area contributed by atoms with Gasteiger partial charge < -0.3 is 4.57 Å². The van der Waals surface area contributed by atoms with Gasteiger partial charge in [0.2, 0.25) is 0 Å². The van der Waals surface area contributed by atoms with Crippen LogP contribution in [0.15, 0.2) is 34.7 Å². The van der Waals surface area contributed by atoms with Crippen molar-refractivity contribution in [2.75, 3.05) is 6.54 Å². The minimum atomic E-state index is -3.33. The second-order valence-electron chi connectivity index (χ2n) is 4.61. The van der Waals surface area contributed by atoms with Gasteiger partial charge >= 0.3 is 0 Å². The van der Waals surface area contributed by atoms with Gasteiger partial charge in [0.05, 0.1) is 6.54 Å². The third-order valence-electron chi connectivity index (χ3n) is 3.43. The zero-order valence-electron chi connectivity index (χ0n) is 10.7. The molecule has 1 aliphatic heterocycles. The predicted molar refractivity (Wildman–Crippen MR) is 75.7 cm³/mol. The Morgan fingerprint density at radius 2 is 2.11 bits per heavy atom. The quantitative estimate of drug-likeness (QED) is 0.872. The van der Waals surface area contributed by atoms with Crippen molar-refractivity contribution in [1.29, 1.82) is 0 Å². The Balaban J connectivity index is 1.89. The number of aryl methyl sites for hydroxylation is 1. The monoisotopic (exact) mass is 296 g/mol. The normalized spacial score (nSPS) is 16.5. The van der Waals surface area contributed by atoms with Gasteiger partial charge in [0.25, 0.3) is 10.0 Å². The van der Waals surface area contributed by atoms with Crippen molar-refractivity contribution in [2.45, 2.75) is 30.6 Å². The number of thiophene rings is 1. The molecule has 0 unspecified atom stereocenters. The second-order valence-corrected chi connectivity index (χ2v) is 7.94. The van der Waals surface area contributed by atoms with E-state index in [4.69, 9.17) is 0 Å². The summed E-state index contributed by atoms with van der Waals surface area (Å²) in [5.41, 5.74) is 1.06. The van der Waals surface area contributed by atoms with Crippen LogP contribution in [0.1, 0.15) is 17.5 Å². The molecule has 19 heavy (non-hydrogen) atoms. The van der Waals surface area contributed by atoms with Crippen molar-refractivity contribution >= 4 is 21.4 Å². The van der Waals surface area contributed by atoms with Crippen molar-refractivity contribution in [2.24, 2.45) is 0 Å². The Morgan fingerprint density at radius 3 is 2.84 bits per heavy atom. The van der Waals surface area contributed by atoms with Gasteiger partial charge in [0, 0.05) is 29.9 Å². The molecule has 0 spiro atoms. The fraction of sp³-hybridized carbons (Fsp3) is 0.385. The van der Waals surface area contributed by atoms with Gasteiger partial charge in [0.1, 0.15) is 4.21 Å². The van der Waals surface area contributed by atoms with E-state index in [1.807, 2.05) is 31.3 Å². The van der Waals surface area contributed by atoms with Crippen LogP contribution in [0.5, 0.6) is 0 Å². The molecular formula is C13H16N2O2S2. The van der Waals surface area contributed by atoms with Gasteiger partial charge in [-0.1, -0.05) is 6.92 Å². The van der Waals surface area contributed by atoms with Crippen LogP contribution >= 0.6 is 11.3 Å². The number of aromatic nitrogens is 1. The molecule has 0 saturated heterocycles. The van der Waals surface area contributed by atoms with Crippen molar-refractivity contribution < 1.29 is 8.42 Å². The lowest BCUT2D eigenvalue weighted by molar-refractivity contribution is 0.342. The summed E-state index contributed by atoms with van der Waals surface area (Å²) >= 11 is 1.38.